The van der Waals surface area contributed by atoms with Crippen molar-refractivity contribution in [2.24, 2.45) is 17.8 Å². The van der Waals surface area contributed by atoms with Gasteiger partial charge in [-0.3, -0.25) is 0 Å². The molecule has 0 saturated carbocycles. The van der Waals surface area contributed by atoms with E-state index in [1.807, 2.05) is 12.2 Å². The van der Waals surface area contributed by atoms with Crippen molar-refractivity contribution in [2.45, 2.75) is 18.5 Å². The molecule has 20 heavy (non-hydrogen) atoms. The summed E-state index contributed by atoms with van der Waals surface area (Å²) in [6.45, 7) is 0. The summed E-state index contributed by atoms with van der Waals surface area (Å²) < 4.78 is 4.91. The molecule has 2 aliphatic carbocycles. The molecule has 4 aliphatic heterocycles. The highest BCUT2D eigenvalue weighted by molar-refractivity contribution is 6.14. The van der Waals surface area contributed by atoms with Crippen molar-refractivity contribution < 1.29 is 14.3 Å². The van der Waals surface area contributed by atoms with Crippen LogP contribution in [0.1, 0.15) is 6.42 Å². The van der Waals surface area contributed by atoms with Gasteiger partial charge in [-0.15, -0.1) is 0 Å². The van der Waals surface area contributed by atoms with Crippen molar-refractivity contribution in [1.29, 1.82) is 0 Å². The third-order valence-corrected chi connectivity index (χ3v) is 5.34. The van der Waals surface area contributed by atoms with E-state index in [4.69, 9.17) is 4.74 Å². The zero-order valence-electron chi connectivity index (χ0n) is 10.7. The summed E-state index contributed by atoms with van der Waals surface area (Å²) in [5.74, 6) is -0.0359. The molecule has 2 bridgehead atoms. The summed E-state index contributed by atoms with van der Waals surface area (Å²) in [5.41, 5.74) is 1.27. The Labute approximate surface area is 116 Å². The van der Waals surface area contributed by atoms with E-state index >= 15 is 0 Å². The van der Waals surface area contributed by atoms with Gasteiger partial charge >= 0.3 is 11.9 Å². The molecule has 0 aromatic rings. The number of allylic oxidation sites excluding steroid dienone is 4. The summed E-state index contributed by atoms with van der Waals surface area (Å²) in [6.07, 6.45) is 13.6. The summed E-state index contributed by atoms with van der Waals surface area (Å²) in [7, 11) is 0. The smallest absolute Gasteiger partial charge is 0.344 e. The van der Waals surface area contributed by atoms with Crippen LogP contribution in [0, 0.1) is 17.8 Å². The number of carbonyl (C=O) groups is 2. The Morgan fingerprint density at radius 2 is 1.95 bits per heavy atom. The van der Waals surface area contributed by atoms with E-state index in [2.05, 4.69) is 29.3 Å². The Bertz CT molecular complexity index is 669. The Balaban J connectivity index is 1.78. The molecule has 4 heteroatoms. The summed E-state index contributed by atoms with van der Waals surface area (Å²) in [4.78, 5) is 26.4. The van der Waals surface area contributed by atoms with Gasteiger partial charge < -0.3 is 9.64 Å². The third kappa shape index (κ3) is 1.02. The summed E-state index contributed by atoms with van der Waals surface area (Å²) >= 11 is 0. The molecule has 6 aliphatic rings. The first-order valence-electron chi connectivity index (χ1n) is 7.07. The fourth-order valence-corrected chi connectivity index (χ4v) is 4.71. The Morgan fingerprint density at radius 3 is 2.85 bits per heavy atom. The van der Waals surface area contributed by atoms with Gasteiger partial charge in [0.2, 0.25) is 0 Å². The maximum atomic E-state index is 12.1. The van der Waals surface area contributed by atoms with Crippen LogP contribution in [0.3, 0.4) is 0 Å². The molecule has 0 spiro atoms. The van der Waals surface area contributed by atoms with Crippen molar-refractivity contribution in [3.63, 3.8) is 0 Å². The zero-order valence-corrected chi connectivity index (χ0v) is 10.7. The van der Waals surface area contributed by atoms with Crippen LogP contribution in [-0.4, -0.2) is 28.9 Å². The van der Waals surface area contributed by atoms with Gasteiger partial charge in [0.1, 0.15) is 0 Å². The number of piperidine rings is 1. The molecule has 1 fully saturated rings. The lowest BCUT2D eigenvalue weighted by Crippen LogP contribution is -2.61. The minimum absolute atomic E-state index is 0.0138. The lowest BCUT2D eigenvalue weighted by Gasteiger charge is -2.55. The number of esters is 2. The first-order chi connectivity index (χ1) is 9.77. The second-order valence-corrected chi connectivity index (χ2v) is 6.04. The number of ether oxygens (including phenoxy) is 1. The normalized spacial score (nSPS) is 43.0. The van der Waals surface area contributed by atoms with E-state index in [0.29, 0.717) is 23.0 Å². The molecule has 0 amide bonds. The molecule has 4 nitrogen and oxygen atoms in total. The largest absolute Gasteiger partial charge is 0.386 e. The maximum Gasteiger partial charge on any atom is 0.344 e. The lowest BCUT2D eigenvalue weighted by molar-refractivity contribution is -0.151. The average molecular weight is 267 g/mol. The number of rotatable bonds is 0. The topological polar surface area (TPSA) is 46.6 Å². The number of cyclic esters (lactones) is 2. The number of hydrogen-bond donors (Lipinski definition) is 0. The number of nitrogens with zero attached hydrogens (tertiary/aromatic N) is 1. The van der Waals surface area contributed by atoms with E-state index in [1.165, 1.54) is 0 Å². The molecule has 0 aromatic heterocycles. The van der Waals surface area contributed by atoms with E-state index in [9.17, 15) is 9.59 Å². The number of hydrogen-bond acceptors (Lipinski definition) is 4. The maximum absolute atomic E-state index is 12.1. The van der Waals surface area contributed by atoms with Gasteiger partial charge in [0.15, 0.2) is 0 Å². The van der Waals surface area contributed by atoms with Crippen molar-refractivity contribution >= 4 is 11.9 Å². The molecule has 5 unspecified atom stereocenters. The molecule has 0 N–H and O–H groups in total. The first-order valence-corrected chi connectivity index (χ1v) is 7.07. The summed E-state index contributed by atoms with van der Waals surface area (Å²) in [6, 6.07) is 0.159. The first kappa shape index (κ1) is 10.7. The second-order valence-electron chi connectivity index (χ2n) is 6.04. The standard InChI is InChI=1S/C16H13NO3/c18-15-12-11-8-4-3-5-9(8)14(13(12)16(19)20-15)17-7-2-1-6-10(11)17/h1-4,6-11,14H,5H2. The Kier molecular flexibility index (Phi) is 1.77. The van der Waals surface area contributed by atoms with Crippen molar-refractivity contribution in [3.8, 4) is 0 Å². The van der Waals surface area contributed by atoms with E-state index < -0.39 is 11.9 Å². The van der Waals surface area contributed by atoms with Crippen LogP contribution in [0.5, 0.6) is 0 Å². The monoisotopic (exact) mass is 267 g/mol. The van der Waals surface area contributed by atoms with Crippen LogP contribution < -0.4 is 0 Å². The molecule has 6 rings (SSSR count). The van der Waals surface area contributed by atoms with Gasteiger partial charge in [0.25, 0.3) is 0 Å². The minimum atomic E-state index is -0.424. The fourth-order valence-electron chi connectivity index (χ4n) is 4.71. The van der Waals surface area contributed by atoms with Crippen LogP contribution in [0.4, 0.5) is 0 Å². The average Bonchev–Trinajstić information content (AvgIpc) is 3.05. The molecule has 1 saturated heterocycles. The highest BCUT2D eigenvalue weighted by Gasteiger charge is 2.61. The van der Waals surface area contributed by atoms with Crippen LogP contribution in [0.15, 0.2) is 47.7 Å². The van der Waals surface area contributed by atoms with Crippen LogP contribution in [0.2, 0.25) is 0 Å². The van der Waals surface area contributed by atoms with E-state index in [0.717, 1.165) is 6.42 Å². The highest BCUT2D eigenvalue weighted by atomic mass is 16.6. The van der Waals surface area contributed by atoms with Crippen LogP contribution in [0.25, 0.3) is 0 Å². The Morgan fingerprint density at radius 1 is 1.10 bits per heavy atom. The highest BCUT2D eigenvalue weighted by Crippen LogP contribution is 2.56. The van der Waals surface area contributed by atoms with Gasteiger partial charge in [-0.25, -0.2) is 9.59 Å². The molecule has 5 atom stereocenters. The van der Waals surface area contributed by atoms with Crippen LogP contribution in [-0.2, 0) is 14.3 Å². The van der Waals surface area contributed by atoms with Gasteiger partial charge in [0, 0.05) is 12.1 Å². The second kappa shape index (κ2) is 3.32. The molecule has 4 heterocycles. The Hall–Kier alpha value is -2.10. The minimum Gasteiger partial charge on any atom is -0.386 e. The van der Waals surface area contributed by atoms with Crippen LogP contribution >= 0.6 is 0 Å². The number of carbonyl (C=O) groups excluding carboxylic acids is 2. The quantitative estimate of drug-likeness (QED) is 0.377. The van der Waals surface area contributed by atoms with Crippen molar-refractivity contribution in [3.05, 3.63) is 47.7 Å². The lowest BCUT2D eigenvalue weighted by atomic mass is 9.60. The van der Waals surface area contributed by atoms with Gasteiger partial charge in [-0.1, -0.05) is 24.3 Å². The van der Waals surface area contributed by atoms with Crippen molar-refractivity contribution in [2.75, 3.05) is 0 Å². The fraction of sp³-hybridized carbons (Fsp3) is 0.375. The predicted molar refractivity (Wildman–Crippen MR) is 70.0 cm³/mol. The predicted octanol–water partition coefficient (Wildman–Crippen LogP) is 1.32. The SMILES string of the molecule is O=C1OC(=O)C2=C1C1C3C=CCC3C2N2C=CC=CC12. The molecule has 0 radical (unpaired) electrons. The van der Waals surface area contributed by atoms with Crippen molar-refractivity contribution in [1.82, 2.24) is 4.90 Å². The van der Waals surface area contributed by atoms with Gasteiger partial charge in [0.05, 0.1) is 23.2 Å². The van der Waals surface area contributed by atoms with Gasteiger partial charge in [-0.2, -0.15) is 0 Å². The molecular formula is C16H13NO3. The van der Waals surface area contributed by atoms with Gasteiger partial charge in [-0.05, 0) is 24.3 Å². The van der Waals surface area contributed by atoms with E-state index in [1.54, 1.807) is 0 Å². The third-order valence-electron chi connectivity index (χ3n) is 5.34. The van der Waals surface area contributed by atoms with E-state index in [-0.39, 0.29) is 18.0 Å². The molecular weight excluding hydrogens is 254 g/mol. The zero-order chi connectivity index (χ0) is 13.4. The summed E-state index contributed by atoms with van der Waals surface area (Å²) in [5, 5.41) is 0. The molecule has 100 valence electrons. The molecule has 0 aromatic carbocycles.